The van der Waals surface area contributed by atoms with Crippen LogP contribution in [0.15, 0.2) is 0 Å². The zero-order chi connectivity index (χ0) is 10.3. The lowest BCUT2D eigenvalue weighted by atomic mass is 10.2. The largest absolute Gasteiger partial charge is 0.395 e. The molecule has 0 saturated carbocycles. The van der Waals surface area contributed by atoms with Crippen LogP contribution in [0.5, 0.6) is 0 Å². The number of aliphatic hydroxyl groups is 1. The molecule has 0 heterocycles. The quantitative estimate of drug-likeness (QED) is 0.360. The second-order valence-electron chi connectivity index (χ2n) is 2.90. The number of hydrogen-bond acceptors (Lipinski definition) is 4. The second-order valence-corrected chi connectivity index (χ2v) is 2.90. The van der Waals surface area contributed by atoms with Crippen LogP contribution >= 0.6 is 0 Å². The van der Waals surface area contributed by atoms with Gasteiger partial charge in [0.05, 0.1) is 6.61 Å². The summed E-state index contributed by atoms with van der Waals surface area (Å²) in [7, 11) is 0. The van der Waals surface area contributed by atoms with E-state index in [0.717, 1.165) is 0 Å². The Bertz CT molecular complexity index is 182. The summed E-state index contributed by atoms with van der Waals surface area (Å²) in [5, 5.41) is 11.0. The molecule has 0 saturated heterocycles. The molecule has 0 aliphatic rings. The van der Waals surface area contributed by atoms with Gasteiger partial charge in [-0.05, 0) is 12.8 Å². The van der Waals surface area contributed by atoms with Gasteiger partial charge in [-0.1, -0.05) is 0 Å². The minimum atomic E-state index is -0.572. The van der Waals surface area contributed by atoms with Gasteiger partial charge in [-0.25, -0.2) is 0 Å². The number of ketones is 1. The van der Waals surface area contributed by atoms with Crippen molar-refractivity contribution in [2.45, 2.75) is 25.8 Å². The van der Waals surface area contributed by atoms with E-state index in [0.29, 0.717) is 19.4 Å². The first-order valence-corrected chi connectivity index (χ1v) is 4.23. The highest BCUT2D eigenvalue weighted by atomic mass is 16.3. The van der Waals surface area contributed by atoms with Crippen LogP contribution in [0.25, 0.3) is 0 Å². The number of carbonyl (C=O) groups is 2. The summed E-state index contributed by atoms with van der Waals surface area (Å²) >= 11 is 0. The van der Waals surface area contributed by atoms with Gasteiger partial charge in [0, 0.05) is 19.5 Å². The molecule has 0 rings (SSSR count). The molecular weight excluding hydrogens is 172 g/mol. The van der Waals surface area contributed by atoms with Gasteiger partial charge in [0.15, 0.2) is 0 Å². The second kappa shape index (κ2) is 6.56. The maximum atomic E-state index is 10.7. The average Bonchev–Trinajstić information content (AvgIpc) is 2.11. The third-order valence-corrected chi connectivity index (χ3v) is 1.59. The Labute approximate surface area is 77.3 Å². The predicted octanol–water partition coefficient (Wildman–Crippen LogP) is -1.21. The molecule has 0 fully saturated rings. The van der Waals surface area contributed by atoms with Crippen LogP contribution < -0.4 is 11.1 Å². The van der Waals surface area contributed by atoms with Gasteiger partial charge < -0.3 is 16.2 Å². The summed E-state index contributed by atoms with van der Waals surface area (Å²) in [6, 6.07) is -0.241. The van der Waals surface area contributed by atoms with Crippen LogP contribution in [0, 0.1) is 0 Å². The fourth-order valence-electron chi connectivity index (χ4n) is 0.782. The SMILES string of the molecule is CC(=O)C(=O)NCCCC(N)CO. The Morgan fingerprint density at radius 2 is 2.15 bits per heavy atom. The molecule has 1 amide bonds. The maximum Gasteiger partial charge on any atom is 0.287 e. The highest BCUT2D eigenvalue weighted by molar-refractivity contribution is 6.35. The minimum absolute atomic E-state index is 0.0549. The molecule has 4 N–H and O–H groups in total. The van der Waals surface area contributed by atoms with E-state index < -0.39 is 11.7 Å². The van der Waals surface area contributed by atoms with Crippen LogP contribution in [-0.4, -0.2) is 36.0 Å². The molecule has 0 aromatic carbocycles. The first-order chi connectivity index (χ1) is 6.07. The Morgan fingerprint density at radius 1 is 1.54 bits per heavy atom. The van der Waals surface area contributed by atoms with E-state index in [1.165, 1.54) is 6.92 Å². The summed E-state index contributed by atoms with van der Waals surface area (Å²) < 4.78 is 0. The highest BCUT2D eigenvalue weighted by Crippen LogP contribution is 1.91. The number of nitrogens with one attached hydrogen (secondary N) is 1. The fraction of sp³-hybridized carbons (Fsp3) is 0.750. The molecule has 0 aromatic heterocycles. The third kappa shape index (κ3) is 6.24. The highest BCUT2D eigenvalue weighted by Gasteiger charge is 2.05. The first-order valence-electron chi connectivity index (χ1n) is 4.23. The Hall–Kier alpha value is -0.940. The molecule has 1 unspecified atom stereocenters. The molecule has 0 aliphatic carbocycles. The van der Waals surface area contributed by atoms with E-state index >= 15 is 0 Å². The Morgan fingerprint density at radius 3 is 2.62 bits per heavy atom. The van der Waals surface area contributed by atoms with Gasteiger partial charge in [0.1, 0.15) is 0 Å². The molecule has 0 aromatic rings. The Balaban J connectivity index is 3.36. The van der Waals surface area contributed by atoms with Crippen LogP contribution in [0.3, 0.4) is 0 Å². The van der Waals surface area contributed by atoms with Gasteiger partial charge >= 0.3 is 0 Å². The molecule has 0 aliphatic heterocycles. The molecule has 0 spiro atoms. The molecular formula is C8H16N2O3. The number of amides is 1. The zero-order valence-corrected chi connectivity index (χ0v) is 7.75. The molecule has 0 radical (unpaired) electrons. The van der Waals surface area contributed by atoms with E-state index in [4.69, 9.17) is 10.8 Å². The smallest absolute Gasteiger partial charge is 0.287 e. The average molecular weight is 188 g/mol. The number of rotatable bonds is 6. The number of aliphatic hydroxyl groups excluding tert-OH is 1. The summed E-state index contributed by atoms with van der Waals surface area (Å²) in [6.45, 7) is 1.58. The topological polar surface area (TPSA) is 92.4 Å². The van der Waals surface area contributed by atoms with Crippen molar-refractivity contribution in [2.24, 2.45) is 5.73 Å². The maximum absolute atomic E-state index is 10.7. The number of hydrogen-bond donors (Lipinski definition) is 3. The van der Waals surface area contributed by atoms with E-state index in [1.54, 1.807) is 0 Å². The molecule has 0 bridgehead atoms. The zero-order valence-electron chi connectivity index (χ0n) is 7.75. The van der Waals surface area contributed by atoms with Crippen LogP contribution in [0.1, 0.15) is 19.8 Å². The van der Waals surface area contributed by atoms with Crippen molar-refractivity contribution in [1.82, 2.24) is 5.32 Å². The molecule has 76 valence electrons. The minimum Gasteiger partial charge on any atom is -0.395 e. The summed E-state index contributed by atoms with van der Waals surface area (Å²) in [4.78, 5) is 21.2. The van der Waals surface area contributed by atoms with Crippen molar-refractivity contribution in [3.05, 3.63) is 0 Å². The molecule has 5 nitrogen and oxygen atoms in total. The van der Waals surface area contributed by atoms with Crippen molar-refractivity contribution in [3.8, 4) is 0 Å². The molecule has 5 heteroatoms. The van der Waals surface area contributed by atoms with Crippen molar-refractivity contribution >= 4 is 11.7 Å². The van der Waals surface area contributed by atoms with Gasteiger partial charge in [-0.2, -0.15) is 0 Å². The van der Waals surface area contributed by atoms with Gasteiger partial charge in [0.2, 0.25) is 5.78 Å². The summed E-state index contributed by atoms with van der Waals surface area (Å²) in [6.07, 6.45) is 1.30. The van der Waals surface area contributed by atoms with Crippen LogP contribution in [0.4, 0.5) is 0 Å². The van der Waals surface area contributed by atoms with Crippen molar-refractivity contribution in [3.63, 3.8) is 0 Å². The third-order valence-electron chi connectivity index (χ3n) is 1.59. The predicted molar refractivity (Wildman–Crippen MR) is 48.0 cm³/mol. The number of carbonyl (C=O) groups excluding carboxylic acids is 2. The van der Waals surface area contributed by atoms with Crippen molar-refractivity contribution < 1.29 is 14.7 Å². The van der Waals surface area contributed by atoms with Gasteiger partial charge in [-0.3, -0.25) is 9.59 Å². The monoisotopic (exact) mass is 188 g/mol. The standard InChI is InChI=1S/C8H16N2O3/c1-6(12)8(13)10-4-2-3-7(9)5-11/h7,11H,2-5,9H2,1H3,(H,10,13). The Kier molecular flexibility index (Phi) is 6.09. The van der Waals surface area contributed by atoms with Crippen LogP contribution in [-0.2, 0) is 9.59 Å². The summed E-state index contributed by atoms with van der Waals surface area (Å²) in [5.41, 5.74) is 5.42. The lowest BCUT2D eigenvalue weighted by Gasteiger charge is -2.07. The van der Waals surface area contributed by atoms with Crippen molar-refractivity contribution in [1.29, 1.82) is 0 Å². The number of Topliss-reactive ketones (excluding diaryl/α,β-unsaturated/α-hetero) is 1. The van der Waals surface area contributed by atoms with E-state index in [2.05, 4.69) is 5.32 Å². The fourth-order valence-corrected chi connectivity index (χ4v) is 0.782. The van der Waals surface area contributed by atoms with E-state index in [-0.39, 0.29) is 12.6 Å². The van der Waals surface area contributed by atoms with Crippen molar-refractivity contribution in [2.75, 3.05) is 13.2 Å². The summed E-state index contributed by atoms with van der Waals surface area (Å²) in [5.74, 6) is -1.07. The normalized spacial score (nSPS) is 12.2. The molecule has 1 atom stereocenters. The van der Waals surface area contributed by atoms with E-state index in [1.807, 2.05) is 0 Å². The van der Waals surface area contributed by atoms with E-state index in [9.17, 15) is 9.59 Å². The van der Waals surface area contributed by atoms with Gasteiger partial charge in [0.25, 0.3) is 5.91 Å². The lowest BCUT2D eigenvalue weighted by Crippen LogP contribution is -2.31. The number of nitrogens with two attached hydrogens (primary N) is 1. The van der Waals surface area contributed by atoms with Crippen LogP contribution in [0.2, 0.25) is 0 Å². The lowest BCUT2D eigenvalue weighted by molar-refractivity contribution is -0.136. The molecule has 13 heavy (non-hydrogen) atoms. The van der Waals surface area contributed by atoms with Gasteiger partial charge in [-0.15, -0.1) is 0 Å². The first kappa shape index (κ1) is 12.1.